The topological polar surface area (TPSA) is 115 Å². The van der Waals surface area contributed by atoms with Crippen molar-refractivity contribution in [2.75, 3.05) is 11.5 Å². The number of hydrogen-bond acceptors (Lipinski definition) is 8. The third kappa shape index (κ3) is 5.64. The van der Waals surface area contributed by atoms with Gasteiger partial charge in [0.15, 0.2) is 12.6 Å². The molecule has 4 unspecified atom stereocenters. The number of fused-ring (bicyclic) bond motifs is 1. The molecule has 1 amide bonds. The van der Waals surface area contributed by atoms with Crippen LogP contribution in [0.5, 0.6) is 5.75 Å². The molecule has 1 heterocycles. The number of carbonyl (C=O) groups is 2. The first-order chi connectivity index (χ1) is 13.4. The molecule has 29 heavy (non-hydrogen) atoms. The van der Waals surface area contributed by atoms with Gasteiger partial charge in [-0.1, -0.05) is 0 Å². The minimum Gasteiger partial charge on any atom is -0.406 e. The minimum absolute atomic E-state index is 0.00685. The van der Waals surface area contributed by atoms with Crippen LogP contribution in [0.2, 0.25) is 0 Å². The Morgan fingerprint density at radius 1 is 1.14 bits per heavy atom. The molecule has 162 valence electrons. The molecule has 0 spiro atoms. The molecule has 0 aliphatic carbocycles. The maximum atomic E-state index is 12.4. The van der Waals surface area contributed by atoms with E-state index < -0.39 is 48.9 Å². The van der Waals surface area contributed by atoms with Crippen LogP contribution in [0.4, 0.5) is 18.9 Å². The molecule has 0 saturated carbocycles. The van der Waals surface area contributed by atoms with Crippen molar-refractivity contribution >= 4 is 17.4 Å². The molecule has 1 aromatic carbocycles. The third-order valence-electron chi connectivity index (χ3n) is 3.89. The van der Waals surface area contributed by atoms with Crippen LogP contribution >= 0.6 is 0 Å². The van der Waals surface area contributed by atoms with Gasteiger partial charge in [0.2, 0.25) is 0 Å². The van der Waals surface area contributed by atoms with Crippen LogP contribution in [0.25, 0.3) is 0 Å². The monoisotopic (exact) mass is 423 g/mol. The number of rotatable bonds is 9. The number of ketones is 1. The van der Waals surface area contributed by atoms with E-state index in [0.29, 0.717) is 0 Å². The maximum absolute atomic E-state index is 12.4. The Labute approximate surface area is 163 Å². The third-order valence-corrected chi connectivity index (χ3v) is 3.89. The number of anilines is 1. The van der Waals surface area contributed by atoms with Crippen molar-refractivity contribution in [3.8, 4) is 5.75 Å². The summed E-state index contributed by atoms with van der Waals surface area (Å²) in [6.07, 6.45) is -7.77. The van der Waals surface area contributed by atoms with Gasteiger partial charge in [0.05, 0.1) is 17.3 Å². The molecule has 0 fully saturated rings. The first-order valence-corrected chi connectivity index (χ1v) is 8.51. The normalized spacial score (nSPS) is 18.4. The first kappa shape index (κ1) is 23.0. The van der Waals surface area contributed by atoms with Gasteiger partial charge in [0.25, 0.3) is 18.2 Å². The molecule has 9 nitrogen and oxygen atoms in total. The average molecular weight is 423 g/mol. The van der Waals surface area contributed by atoms with E-state index in [1.807, 2.05) is 0 Å². The summed E-state index contributed by atoms with van der Waals surface area (Å²) in [7, 11) is 0. The zero-order chi connectivity index (χ0) is 21.9. The van der Waals surface area contributed by atoms with Crippen molar-refractivity contribution < 1.29 is 51.9 Å². The molecule has 0 aromatic heterocycles. The summed E-state index contributed by atoms with van der Waals surface area (Å²) < 4.78 is 55.7. The average Bonchev–Trinajstić information content (AvgIpc) is 2.84. The fourth-order valence-corrected chi connectivity index (χ4v) is 2.66. The van der Waals surface area contributed by atoms with Crippen LogP contribution in [0.15, 0.2) is 18.2 Å². The highest BCUT2D eigenvalue weighted by Gasteiger charge is 2.42. The van der Waals surface area contributed by atoms with Crippen molar-refractivity contribution in [1.82, 2.24) is 0 Å². The number of Topliss-reactive ketones (excluding diaryl/α,β-unsaturated/α-hetero) is 1. The lowest BCUT2D eigenvalue weighted by molar-refractivity contribution is -0.339. The fourth-order valence-electron chi connectivity index (χ4n) is 2.66. The van der Waals surface area contributed by atoms with Crippen LogP contribution in [-0.2, 0) is 19.0 Å². The van der Waals surface area contributed by atoms with Gasteiger partial charge in [0, 0.05) is 6.61 Å². The predicted molar refractivity (Wildman–Crippen MR) is 89.7 cm³/mol. The molecule has 1 aromatic rings. The lowest BCUT2D eigenvalue weighted by Gasteiger charge is -2.30. The van der Waals surface area contributed by atoms with E-state index in [-0.39, 0.29) is 17.9 Å². The van der Waals surface area contributed by atoms with Crippen molar-refractivity contribution in [2.24, 2.45) is 0 Å². The molecule has 4 atom stereocenters. The molecule has 0 saturated heterocycles. The smallest absolute Gasteiger partial charge is 0.406 e. The minimum atomic E-state index is -4.96. The second-order valence-electron chi connectivity index (χ2n) is 5.96. The van der Waals surface area contributed by atoms with E-state index in [1.54, 1.807) is 6.92 Å². The molecule has 12 heteroatoms. The van der Waals surface area contributed by atoms with Gasteiger partial charge in [-0.3, -0.25) is 14.5 Å². The molecule has 0 radical (unpaired) electrons. The van der Waals surface area contributed by atoms with E-state index in [9.17, 15) is 33.0 Å². The quantitative estimate of drug-likeness (QED) is 0.454. The number of nitrogens with zero attached hydrogens (tertiary/aromatic N) is 1. The van der Waals surface area contributed by atoms with E-state index in [4.69, 9.17) is 14.2 Å². The molecule has 2 rings (SSSR count). The van der Waals surface area contributed by atoms with Gasteiger partial charge in [-0.2, -0.15) is 0 Å². The number of aliphatic hydroxyl groups excluding tert-OH is 2. The Balaban J connectivity index is 2.14. The molecular weight excluding hydrogens is 403 g/mol. The summed E-state index contributed by atoms with van der Waals surface area (Å²) in [6, 6.07) is 1.72. The van der Waals surface area contributed by atoms with Crippen LogP contribution in [0.3, 0.4) is 0 Å². The highest BCUT2D eigenvalue weighted by Crippen LogP contribution is 2.35. The van der Waals surface area contributed by atoms with E-state index in [0.717, 1.165) is 23.1 Å². The lowest BCUT2D eigenvalue weighted by Crippen LogP contribution is -2.47. The number of hydrogen-bond donors (Lipinski definition) is 2. The number of carbonyl (C=O) groups excluding carboxylic acids is 2. The number of aliphatic hydroxyl groups is 2. The van der Waals surface area contributed by atoms with Gasteiger partial charge in [0.1, 0.15) is 5.75 Å². The largest absolute Gasteiger partial charge is 0.573 e. The zero-order valence-electron chi connectivity index (χ0n) is 15.7. The second kappa shape index (κ2) is 9.05. The summed E-state index contributed by atoms with van der Waals surface area (Å²) in [6.45, 7) is 2.89. The summed E-state index contributed by atoms with van der Waals surface area (Å²) >= 11 is 0. The standard InChI is InChI=1S/C17H20F3NO8/c1-4-26-16(25)28-9(3)27-15(24)8(2)21-12-6-5-10(29-17(18,19)20)7-11(12)13(22)14(21)23/h5-9,15-16,24-25H,4H2,1-3H3. The number of halogens is 3. The van der Waals surface area contributed by atoms with E-state index in [2.05, 4.69) is 4.74 Å². The Morgan fingerprint density at radius 3 is 2.38 bits per heavy atom. The lowest BCUT2D eigenvalue weighted by atomic mass is 10.1. The Morgan fingerprint density at radius 2 is 1.79 bits per heavy atom. The SMILES string of the molecule is CCOC(O)OC(C)OC(O)C(C)N1C(=O)C(=O)c2cc(OC(F)(F)F)ccc21. The molecular formula is C17H20F3NO8. The van der Waals surface area contributed by atoms with Crippen LogP contribution in [-0.4, -0.2) is 60.0 Å². The predicted octanol–water partition coefficient (Wildman–Crippen LogP) is 1.51. The number of ether oxygens (including phenoxy) is 4. The van der Waals surface area contributed by atoms with Crippen LogP contribution in [0.1, 0.15) is 31.1 Å². The van der Waals surface area contributed by atoms with Crippen molar-refractivity contribution in [3.63, 3.8) is 0 Å². The Hall–Kier alpha value is -2.25. The number of benzene rings is 1. The van der Waals surface area contributed by atoms with E-state index >= 15 is 0 Å². The van der Waals surface area contributed by atoms with Crippen LogP contribution < -0.4 is 9.64 Å². The second-order valence-corrected chi connectivity index (χ2v) is 5.96. The zero-order valence-corrected chi connectivity index (χ0v) is 15.7. The van der Waals surface area contributed by atoms with Crippen molar-refractivity contribution in [2.45, 2.75) is 52.2 Å². The summed E-state index contributed by atoms with van der Waals surface area (Å²) in [5.74, 6) is -2.76. The summed E-state index contributed by atoms with van der Waals surface area (Å²) in [5.41, 5.74) is -0.306. The van der Waals surface area contributed by atoms with Gasteiger partial charge >= 0.3 is 6.36 Å². The summed E-state index contributed by atoms with van der Waals surface area (Å²) in [4.78, 5) is 25.4. The van der Waals surface area contributed by atoms with Gasteiger partial charge < -0.3 is 29.2 Å². The van der Waals surface area contributed by atoms with Crippen molar-refractivity contribution in [3.05, 3.63) is 23.8 Å². The van der Waals surface area contributed by atoms with Crippen molar-refractivity contribution in [1.29, 1.82) is 0 Å². The van der Waals surface area contributed by atoms with Crippen LogP contribution in [0, 0.1) is 0 Å². The summed E-state index contributed by atoms with van der Waals surface area (Å²) in [5, 5.41) is 19.6. The number of alkyl halides is 3. The fraction of sp³-hybridized carbons (Fsp3) is 0.529. The molecule has 1 aliphatic heterocycles. The Kier molecular flexibility index (Phi) is 7.19. The maximum Gasteiger partial charge on any atom is 0.573 e. The first-order valence-electron chi connectivity index (χ1n) is 8.51. The van der Waals surface area contributed by atoms with E-state index in [1.165, 1.54) is 13.8 Å². The highest BCUT2D eigenvalue weighted by molar-refractivity contribution is 6.52. The Bertz CT molecular complexity index is 757. The highest BCUT2D eigenvalue weighted by atomic mass is 19.4. The molecule has 1 aliphatic rings. The van der Waals surface area contributed by atoms with Gasteiger partial charge in [-0.25, -0.2) is 0 Å². The molecule has 2 N–H and O–H groups in total. The number of amides is 1. The molecule has 0 bridgehead atoms. The van der Waals surface area contributed by atoms with Gasteiger partial charge in [-0.05, 0) is 39.0 Å². The van der Waals surface area contributed by atoms with Gasteiger partial charge in [-0.15, -0.1) is 13.2 Å².